The molecule has 2 nitrogen and oxygen atoms in total. The van der Waals surface area contributed by atoms with Gasteiger partial charge in [0.2, 0.25) is 0 Å². The van der Waals surface area contributed by atoms with Gasteiger partial charge in [-0.15, -0.1) is 24.0 Å². The summed E-state index contributed by atoms with van der Waals surface area (Å²) in [6.07, 6.45) is 10.7. The van der Waals surface area contributed by atoms with Crippen LogP contribution in [0, 0.1) is 0 Å². The van der Waals surface area contributed by atoms with Gasteiger partial charge in [-0.1, -0.05) is 45.9 Å². The number of hydrogen-bond acceptors (Lipinski definition) is 2. The fraction of sp³-hybridized carbons (Fsp3) is 0.647. The second-order valence-corrected chi connectivity index (χ2v) is 3.91. The van der Waals surface area contributed by atoms with Crippen molar-refractivity contribution in [2.45, 2.75) is 41.5 Å². The van der Waals surface area contributed by atoms with E-state index in [1.807, 2.05) is 34.6 Å². The van der Waals surface area contributed by atoms with Crippen LogP contribution in [0.25, 0.3) is 0 Å². The normalized spacial score (nSPS) is 16.1. The molecule has 0 unspecified atom stereocenters. The van der Waals surface area contributed by atoms with Gasteiger partial charge < -0.3 is 9.80 Å². The predicted octanol–water partition coefficient (Wildman–Crippen LogP) is 4.94. The molecule has 0 aromatic rings. The first-order valence-corrected chi connectivity index (χ1v) is 7.67. The van der Waals surface area contributed by atoms with Crippen molar-refractivity contribution in [1.82, 2.24) is 9.80 Å². The zero-order chi connectivity index (χ0) is 15.1. The van der Waals surface area contributed by atoms with Crippen molar-refractivity contribution >= 4 is 24.0 Å². The van der Waals surface area contributed by atoms with Crippen molar-refractivity contribution in [3.8, 4) is 0 Å². The Morgan fingerprint density at radius 1 is 0.850 bits per heavy atom. The third-order valence-electron chi connectivity index (χ3n) is 2.67. The van der Waals surface area contributed by atoms with E-state index in [1.165, 1.54) is 5.70 Å². The average Bonchev–Trinajstić information content (AvgIpc) is 2.49. The number of likely N-dealkylation sites (N-methyl/N-ethyl adjacent to an activating group) is 1. The highest BCUT2D eigenvalue weighted by Crippen LogP contribution is 2.10. The van der Waals surface area contributed by atoms with Gasteiger partial charge in [-0.3, -0.25) is 0 Å². The van der Waals surface area contributed by atoms with E-state index in [9.17, 15) is 0 Å². The van der Waals surface area contributed by atoms with E-state index < -0.39 is 0 Å². The minimum Gasteiger partial charge on any atom is -0.369 e. The highest BCUT2D eigenvalue weighted by atomic mass is 127. The molecule has 0 radical (unpaired) electrons. The zero-order valence-corrected chi connectivity index (χ0v) is 16.8. The van der Waals surface area contributed by atoms with Crippen molar-refractivity contribution in [1.29, 1.82) is 0 Å². The summed E-state index contributed by atoms with van der Waals surface area (Å²) in [7, 11) is 2.18. The maximum Gasteiger partial charge on any atom is 0.0363 e. The largest absolute Gasteiger partial charge is 0.369 e. The Kier molecular flexibility index (Phi) is 23.1. The Balaban J connectivity index is -0.000000529. The van der Waals surface area contributed by atoms with Crippen LogP contribution in [0.2, 0.25) is 0 Å². The molecule has 1 aliphatic rings. The van der Waals surface area contributed by atoms with Crippen molar-refractivity contribution in [3.05, 3.63) is 36.1 Å². The van der Waals surface area contributed by atoms with Gasteiger partial charge in [-0.25, -0.2) is 0 Å². The van der Waals surface area contributed by atoms with Gasteiger partial charge in [-0.05, 0) is 33.0 Å². The summed E-state index contributed by atoms with van der Waals surface area (Å²) < 4.78 is 0. The third kappa shape index (κ3) is 11.5. The van der Waals surface area contributed by atoms with Crippen molar-refractivity contribution in [2.75, 3.05) is 33.2 Å². The zero-order valence-electron chi connectivity index (χ0n) is 14.5. The van der Waals surface area contributed by atoms with Crippen LogP contribution in [0.5, 0.6) is 0 Å². The first kappa shape index (κ1) is 24.7. The van der Waals surface area contributed by atoms with Crippen molar-refractivity contribution < 1.29 is 0 Å². The molecule has 120 valence electrons. The van der Waals surface area contributed by atoms with Crippen LogP contribution in [0.1, 0.15) is 41.5 Å². The smallest absolute Gasteiger partial charge is 0.0363 e. The monoisotopic (exact) mass is 394 g/mol. The predicted molar refractivity (Wildman–Crippen MR) is 105 cm³/mol. The van der Waals surface area contributed by atoms with Crippen molar-refractivity contribution in [2.24, 2.45) is 0 Å². The van der Waals surface area contributed by atoms with E-state index in [1.54, 1.807) is 0 Å². The van der Waals surface area contributed by atoms with Gasteiger partial charge in [0.15, 0.2) is 0 Å². The molecule has 3 heteroatoms. The first-order valence-electron chi connectivity index (χ1n) is 7.67. The Hall–Kier alpha value is -0.290. The molecule has 0 aromatic carbocycles. The number of nitrogens with zero attached hydrogens (tertiary/aromatic N) is 2. The van der Waals surface area contributed by atoms with E-state index in [2.05, 4.69) is 54.2 Å². The molecule has 0 saturated carbocycles. The average molecular weight is 394 g/mol. The lowest BCUT2D eigenvalue weighted by molar-refractivity contribution is 0.190. The van der Waals surface area contributed by atoms with Gasteiger partial charge >= 0.3 is 0 Å². The van der Waals surface area contributed by atoms with Crippen LogP contribution in [-0.4, -0.2) is 43.0 Å². The Morgan fingerprint density at radius 2 is 1.35 bits per heavy atom. The van der Waals surface area contributed by atoms with E-state index in [0.717, 1.165) is 26.2 Å². The van der Waals surface area contributed by atoms with Crippen molar-refractivity contribution in [3.63, 3.8) is 0 Å². The lowest BCUT2D eigenvalue weighted by Gasteiger charge is -2.34. The van der Waals surface area contributed by atoms with Gasteiger partial charge in [0.05, 0.1) is 0 Å². The highest BCUT2D eigenvalue weighted by molar-refractivity contribution is 14.0. The number of rotatable bonds is 3. The third-order valence-corrected chi connectivity index (χ3v) is 2.67. The van der Waals surface area contributed by atoms with Crippen LogP contribution < -0.4 is 0 Å². The quantitative estimate of drug-likeness (QED) is 0.494. The molecule has 20 heavy (non-hydrogen) atoms. The number of halogens is 1. The van der Waals surface area contributed by atoms with Crippen LogP contribution >= 0.6 is 24.0 Å². The summed E-state index contributed by atoms with van der Waals surface area (Å²) in [4.78, 5) is 4.82. The minimum absolute atomic E-state index is 0. The number of allylic oxidation sites excluding steroid dienone is 5. The Labute approximate surface area is 144 Å². The molecule has 0 N–H and O–H groups in total. The Bertz CT molecular complexity index is 262. The van der Waals surface area contributed by atoms with Gasteiger partial charge in [0.1, 0.15) is 0 Å². The molecular formula is C17H35IN2. The summed E-state index contributed by atoms with van der Waals surface area (Å²) in [5, 5.41) is 0. The van der Waals surface area contributed by atoms with Crippen LogP contribution in [0.4, 0.5) is 0 Å². The van der Waals surface area contributed by atoms with E-state index in [0.29, 0.717) is 0 Å². The molecule has 1 saturated heterocycles. The SMILES string of the molecule is CC.CC.C\C=C/C=C(\C=C/C)N1CCN(C)CC1.I. The van der Waals surface area contributed by atoms with Gasteiger partial charge in [0, 0.05) is 31.9 Å². The van der Waals surface area contributed by atoms with Gasteiger partial charge in [0.25, 0.3) is 0 Å². The molecular weight excluding hydrogens is 359 g/mol. The summed E-state index contributed by atoms with van der Waals surface area (Å²) in [6, 6.07) is 0. The fourth-order valence-electron chi connectivity index (χ4n) is 1.70. The first-order chi connectivity index (χ1) is 9.27. The maximum atomic E-state index is 2.44. The van der Waals surface area contributed by atoms with Gasteiger partial charge in [-0.2, -0.15) is 0 Å². The molecule has 1 aliphatic heterocycles. The van der Waals surface area contributed by atoms with Crippen LogP contribution in [-0.2, 0) is 0 Å². The molecule has 0 bridgehead atoms. The summed E-state index contributed by atoms with van der Waals surface area (Å²) in [5.74, 6) is 0. The second-order valence-electron chi connectivity index (χ2n) is 3.91. The topological polar surface area (TPSA) is 6.48 Å². The highest BCUT2D eigenvalue weighted by Gasteiger charge is 2.13. The van der Waals surface area contributed by atoms with E-state index in [-0.39, 0.29) is 24.0 Å². The molecule has 0 aromatic heterocycles. The summed E-state index contributed by atoms with van der Waals surface area (Å²) in [5.41, 5.74) is 1.32. The Morgan fingerprint density at radius 3 is 1.75 bits per heavy atom. The molecule has 1 rings (SSSR count). The fourth-order valence-corrected chi connectivity index (χ4v) is 1.70. The molecule has 0 aliphatic carbocycles. The van der Waals surface area contributed by atoms with Crippen LogP contribution in [0.15, 0.2) is 36.1 Å². The molecule has 0 atom stereocenters. The second kappa shape index (κ2) is 18.7. The number of hydrogen-bond donors (Lipinski definition) is 0. The number of piperazine rings is 1. The summed E-state index contributed by atoms with van der Waals surface area (Å²) in [6.45, 7) is 16.7. The lowest BCUT2D eigenvalue weighted by atomic mass is 10.2. The standard InChI is InChI=1S/C13H22N2.2C2H6.HI/c1-4-6-8-13(7-5-2)15-11-9-14(3)10-12-15;2*1-2;/h4-8H,9-12H2,1-3H3;2*1-2H3;1H/b6-4-,7-5-,13-8+;;;. The lowest BCUT2D eigenvalue weighted by Crippen LogP contribution is -2.43. The molecule has 1 fully saturated rings. The summed E-state index contributed by atoms with van der Waals surface area (Å²) >= 11 is 0. The molecule has 1 heterocycles. The minimum atomic E-state index is 0. The van der Waals surface area contributed by atoms with E-state index >= 15 is 0 Å². The molecule has 0 spiro atoms. The van der Waals surface area contributed by atoms with E-state index in [4.69, 9.17) is 0 Å². The maximum absolute atomic E-state index is 2.44. The van der Waals surface area contributed by atoms with Crippen LogP contribution in [0.3, 0.4) is 0 Å². The molecule has 0 amide bonds.